The summed E-state index contributed by atoms with van der Waals surface area (Å²) in [6, 6.07) is 10.4. The second-order valence-corrected chi connectivity index (χ2v) is 12.8. The van der Waals surface area contributed by atoms with Crippen molar-refractivity contribution in [1.82, 2.24) is 15.1 Å². The third-order valence-corrected chi connectivity index (χ3v) is 8.56. The van der Waals surface area contributed by atoms with Gasteiger partial charge in [0.2, 0.25) is 0 Å². The van der Waals surface area contributed by atoms with Gasteiger partial charge in [-0.05, 0) is 86.3 Å². The molecule has 3 saturated heterocycles. The maximum Gasteiger partial charge on any atom is 0.178 e. The summed E-state index contributed by atoms with van der Waals surface area (Å²) in [5, 5.41) is 22.8. The molecule has 0 radical (unpaired) electrons. The fourth-order valence-electron chi connectivity index (χ4n) is 5.64. The highest BCUT2D eigenvalue weighted by atomic mass is 16.5. The summed E-state index contributed by atoms with van der Waals surface area (Å²) in [7, 11) is 0. The average Bonchev–Trinajstić information content (AvgIpc) is 3.76. The Morgan fingerprint density at radius 2 is 1.36 bits per heavy atom. The molecule has 1 aromatic heterocycles. The number of rotatable bonds is 3. The number of nitrogens with one attached hydrogen (secondary N) is 1. The highest BCUT2D eigenvalue weighted by Crippen LogP contribution is 2.41. The van der Waals surface area contributed by atoms with Crippen LogP contribution < -0.4 is 10.1 Å². The number of benzene rings is 2. The summed E-state index contributed by atoms with van der Waals surface area (Å²) in [5.41, 5.74) is 2.97. The minimum Gasteiger partial charge on any atom is -0.508 e. The number of hydrogen-bond donors (Lipinski definition) is 3. The first-order valence-corrected chi connectivity index (χ1v) is 18.8. The fourth-order valence-corrected chi connectivity index (χ4v) is 5.64. The third-order valence-electron chi connectivity index (χ3n) is 8.56. The summed E-state index contributed by atoms with van der Waals surface area (Å²) >= 11 is 0. The SMILES string of the molecule is C/C=C/N1CCOCC1.C1COCCN1.CC1c2cc(O)ccc2OC1N1CCOCC1.CCC=O.Cc1coc2ccc(O)cc12.O=C1C=CC(=O)C=C1. The summed E-state index contributed by atoms with van der Waals surface area (Å²) in [6.45, 7) is 19.0. The van der Waals surface area contributed by atoms with E-state index >= 15 is 0 Å². The number of phenolic OH excluding ortho intramolecular Hbond substituents is 2. The lowest BCUT2D eigenvalue weighted by Gasteiger charge is -2.33. The van der Waals surface area contributed by atoms with Crippen molar-refractivity contribution in [3.05, 3.63) is 90.4 Å². The maximum atomic E-state index is 10.3. The second-order valence-electron chi connectivity index (χ2n) is 12.8. The molecule has 13 nitrogen and oxygen atoms in total. The molecule has 3 aromatic rings. The molecule has 300 valence electrons. The molecule has 0 amide bonds. The molecule has 0 spiro atoms. The highest BCUT2D eigenvalue weighted by molar-refractivity contribution is 6.14. The zero-order valence-corrected chi connectivity index (χ0v) is 32.5. The molecule has 0 saturated carbocycles. The number of carbonyl (C=O) groups is 3. The van der Waals surface area contributed by atoms with E-state index in [-0.39, 0.29) is 29.5 Å². The number of allylic oxidation sites excluding steroid dienone is 5. The quantitative estimate of drug-likeness (QED) is 0.233. The highest BCUT2D eigenvalue weighted by Gasteiger charge is 2.36. The Morgan fingerprint density at radius 1 is 0.818 bits per heavy atom. The van der Waals surface area contributed by atoms with Crippen LogP contribution in [0.2, 0.25) is 0 Å². The van der Waals surface area contributed by atoms with Gasteiger partial charge in [0.1, 0.15) is 29.1 Å². The third kappa shape index (κ3) is 16.2. The summed E-state index contributed by atoms with van der Waals surface area (Å²) < 4.78 is 26.7. The number of hydrogen-bond acceptors (Lipinski definition) is 13. The number of ketones is 2. The number of aryl methyl sites for hydroxylation is 1. The van der Waals surface area contributed by atoms with Crippen LogP contribution in [0.5, 0.6) is 17.2 Å². The number of phenols is 2. The topological polar surface area (TPSA) is 160 Å². The van der Waals surface area contributed by atoms with Crippen molar-refractivity contribution in [2.24, 2.45) is 0 Å². The molecule has 2 unspecified atom stereocenters. The molecule has 5 aliphatic rings. The molecule has 2 atom stereocenters. The normalized spacial score (nSPS) is 20.1. The van der Waals surface area contributed by atoms with Crippen molar-refractivity contribution >= 4 is 28.8 Å². The van der Waals surface area contributed by atoms with Gasteiger partial charge in [0.05, 0.1) is 45.9 Å². The van der Waals surface area contributed by atoms with Gasteiger partial charge in [-0.25, -0.2) is 0 Å². The molecule has 5 heterocycles. The Bertz CT molecular complexity index is 1640. The van der Waals surface area contributed by atoms with Gasteiger partial charge < -0.3 is 48.6 Å². The number of furan rings is 1. The molecule has 2 aromatic carbocycles. The zero-order valence-electron chi connectivity index (χ0n) is 32.5. The molecule has 1 aliphatic carbocycles. The van der Waals surface area contributed by atoms with E-state index in [9.17, 15) is 19.5 Å². The standard InChI is InChI=1S/C13H17NO3.C9H8O2.C7H13NO.C6H4O2.C4H9NO.C3H6O/c1-9-11-8-10(15)2-3-12(11)17-13(9)14-4-6-16-7-5-14;1-6-5-11-9-3-2-7(10)4-8(6)9;1-2-3-8-4-6-9-7-5-8;7-5-1-2-6(8)4-3-5;1-3-6-4-2-5-1;1-2-3-4/h2-3,8-9,13,15H,4-7H2,1H3;2-5,10H,1H3;2-3H,4-7H2,1H3;1-4H;5H,1-4H2;3H,2H2,1H3/b;;3-2+;;;. The molecule has 4 aliphatic heterocycles. The Kier molecular flexibility index (Phi) is 20.5. The smallest absolute Gasteiger partial charge is 0.178 e. The van der Waals surface area contributed by atoms with E-state index in [4.69, 9.17) is 28.5 Å². The van der Waals surface area contributed by atoms with Gasteiger partial charge >= 0.3 is 0 Å². The van der Waals surface area contributed by atoms with Crippen LogP contribution in [-0.2, 0) is 28.6 Å². The number of ether oxygens (including phenoxy) is 4. The lowest BCUT2D eigenvalue weighted by Crippen LogP contribution is -2.46. The van der Waals surface area contributed by atoms with Crippen molar-refractivity contribution in [3.63, 3.8) is 0 Å². The first-order valence-electron chi connectivity index (χ1n) is 18.8. The number of aromatic hydroxyl groups is 2. The average molecular weight is 764 g/mol. The first-order chi connectivity index (χ1) is 26.7. The largest absolute Gasteiger partial charge is 0.508 e. The Hall–Kier alpha value is -4.79. The van der Waals surface area contributed by atoms with E-state index in [1.165, 1.54) is 24.3 Å². The molecular weight excluding hydrogens is 706 g/mol. The van der Waals surface area contributed by atoms with Crippen molar-refractivity contribution in [2.75, 3.05) is 78.9 Å². The minimum absolute atomic E-state index is 0.0794. The molecule has 3 fully saturated rings. The molecular formula is C42H57N3O10. The van der Waals surface area contributed by atoms with Crippen LogP contribution in [-0.4, -0.2) is 123 Å². The van der Waals surface area contributed by atoms with Gasteiger partial charge in [-0.3, -0.25) is 14.5 Å². The van der Waals surface area contributed by atoms with Gasteiger partial charge in [-0.1, -0.05) is 19.9 Å². The van der Waals surface area contributed by atoms with Gasteiger partial charge in [0.25, 0.3) is 0 Å². The number of morpholine rings is 3. The van der Waals surface area contributed by atoms with Crippen LogP contribution >= 0.6 is 0 Å². The van der Waals surface area contributed by atoms with Gasteiger partial charge in [0, 0.05) is 62.6 Å². The van der Waals surface area contributed by atoms with Crippen molar-refractivity contribution in [3.8, 4) is 17.2 Å². The predicted octanol–water partition coefficient (Wildman–Crippen LogP) is 5.30. The lowest BCUT2D eigenvalue weighted by molar-refractivity contribution is -0.113. The van der Waals surface area contributed by atoms with E-state index < -0.39 is 0 Å². The van der Waals surface area contributed by atoms with Crippen molar-refractivity contribution in [1.29, 1.82) is 0 Å². The molecule has 8 rings (SSSR count). The predicted molar refractivity (Wildman–Crippen MR) is 211 cm³/mol. The van der Waals surface area contributed by atoms with E-state index in [0.717, 1.165) is 113 Å². The fraction of sp³-hybridized carbons (Fsp3) is 0.452. The lowest BCUT2D eigenvalue weighted by atomic mass is 10.00. The van der Waals surface area contributed by atoms with Crippen molar-refractivity contribution < 1.29 is 48.0 Å². The zero-order chi connectivity index (χ0) is 39.8. The molecule has 3 N–H and O–H groups in total. The number of carbonyl (C=O) groups excluding carboxylic acids is 3. The Morgan fingerprint density at radius 3 is 1.89 bits per heavy atom. The first kappa shape index (κ1) is 44.6. The summed E-state index contributed by atoms with van der Waals surface area (Å²) in [4.78, 5) is 34.3. The second kappa shape index (κ2) is 25.3. The van der Waals surface area contributed by atoms with Crippen LogP contribution in [0.15, 0.2) is 83.7 Å². The van der Waals surface area contributed by atoms with Crippen LogP contribution in [0.4, 0.5) is 0 Å². The van der Waals surface area contributed by atoms with Crippen LogP contribution in [0.3, 0.4) is 0 Å². The number of aldehydes is 1. The Balaban J connectivity index is 0.000000188. The van der Waals surface area contributed by atoms with Crippen LogP contribution in [0.25, 0.3) is 11.0 Å². The molecule has 13 heteroatoms. The summed E-state index contributed by atoms with van der Waals surface area (Å²) in [6.07, 6.45) is 12.5. The molecule has 0 bridgehead atoms. The van der Waals surface area contributed by atoms with E-state index in [2.05, 4.69) is 34.3 Å². The van der Waals surface area contributed by atoms with Gasteiger partial charge in [-0.2, -0.15) is 0 Å². The van der Waals surface area contributed by atoms with E-state index in [1.54, 1.807) is 36.6 Å². The number of nitrogens with zero attached hydrogens (tertiary/aromatic N) is 2. The maximum absolute atomic E-state index is 10.3. The Labute approximate surface area is 324 Å². The summed E-state index contributed by atoms with van der Waals surface area (Å²) in [5.74, 6) is 1.53. The minimum atomic E-state index is -0.121. The molecule has 55 heavy (non-hydrogen) atoms. The van der Waals surface area contributed by atoms with Crippen LogP contribution in [0.1, 0.15) is 44.2 Å². The van der Waals surface area contributed by atoms with E-state index in [1.807, 2.05) is 26.8 Å². The van der Waals surface area contributed by atoms with Gasteiger partial charge in [-0.15, -0.1) is 0 Å². The monoisotopic (exact) mass is 763 g/mol. The van der Waals surface area contributed by atoms with Crippen molar-refractivity contribution in [2.45, 2.75) is 46.3 Å². The number of fused-ring (bicyclic) bond motifs is 2. The van der Waals surface area contributed by atoms with Gasteiger partial charge in [0.15, 0.2) is 17.8 Å². The van der Waals surface area contributed by atoms with Crippen LogP contribution in [0, 0.1) is 6.92 Å². The van der Waals surface area contributed by atoms with E-state index in [0.29, 0.717) is 12.2 Å².